The third-order valence-corrected chi connectivity index (χ3v) is 8.12. The lowest BCUT2D eigenvalue weighted by molar-refractivity contribution is 0.0985. The first-order chi connectivity index (χ1) is 15.4. The molecule has 1 unspecified atom stereocenters. The van der Waals surface area contributed by atoms with Crippen molar-refractivity contribution >= 4 is 27.3 Å². The minimum absolute atomic E-state index is 0.0726. The third kappa shape index (κ3) is 3.37. The number of para-hydroxylation sites is 1. The topological polar surface area (TPSA) is 57.7 Å². The summed E-state index contributed by atoms with van der Waals surface area (Å²) in [6.45, 7) is 2.34. The number of hydrogen-bond donors (Lipinski definition) is 0. The highest BCUT2D eigenvalue weighted by atomic mass is 32.2. The lowest BCUT2D eigenvalue weighted by Gasteiger charge is -2.30. The highest BCUT2D eigenvalue weighted by Crippen LogP contribution is 2.37. The van der Waals surface area contributed by atoms with Crippen LogP contribution in [0.1, 0.15) is 34.8 Å². The zero-order chi connectivity index (χ0) is 22.5. The van der Waals surface area contributed by atoms with E-state index in [0.717, 1.165) is 24.0 Å². The van der Waals surface area contributed by atoms with Crippen molar-refractivity contribution in [1.82, 2.24) is 0 Å². The van der Waals surface area contributed by atoms with Gasteiger partial charge in [0.25, 0.3) is 15.9 Å². The van der Waals surface area contributed by atoms with Crippen LogP contribution in [0.5, 0.6) is 0 Å². The van der Waals surface area contributed by atoms with E-state index in [1.165, 1.54) is 28.6 Å². The van der Waals surface area contributed by atoms with Crippen LogP contribution in [0, 0.1) is 5.82 Å². The fourth-order valence-corrected chi connectivity index (χ4v) is 6.46. The normalized spacial score (nSPS) is 17.8. The van der Waals surface area contributed by atoms with Crippen molar-refractivity contribution in [3.63, 3.8) is 0 Å². The number of carbonyl (C=O) groups is 1. The number of benzene rings is 3. The summed E-state index contributed by atoms with van der Waals surface area (Å²) < 4.78 is 42.4. The molecular weight excluding hydrogens is 427 g/mol. The fraction of sp³-hybridized carbons (Fsp3) is 0.240. The van der Waals surface area contributed by atoms with Crippen LogP contribution in [-0.2, 0) is 22.9 Å². The predicted octanol–water partition coefficient (Wildman–Crippen LogP) is 4.56. The van der Waals surface area contributed by atoms with E-state index in [2.05, 4.69) is 0 Å². The first-order valence-electron chi connectivity index (χ1n) is 10.7. The van der Waals surface area contributed by atoms with Gasteiger partial charge in [-0.1, -0.05) is 30.3 Å². The molecule has 5 rings (SSSR count). The van der Waals surface area contributed by atoms with Crippen LogP contribution in [0.3, 0.4) is 0 Å². The van der Waals surface area contributed by atoms with Gasteiger partial charge in [-0.15, -0.1) is 0 Å². The van der Waals surface area contributed by atoms with E-state index in [1.807, 2.05) is 31.2 Å². The molecule has 0 radical (unpaired) electrons. The second-order valence-electron chi connectivity index (χ2n) is 8.34. The Morgan fingerprint density at radius 3 is 2.62 bits per heavy atom. The summed E-state index contributed by atoms with van der Waals surface area (Å²) in [5.41, 5.74) is 3.40. The Bertz CT molecular complexity index is 1320. The van der Waals surface area contributed by atoms with E-state index in [-0.39, 0.29) is 22.4 Å². The minimum atomic E-state index is -3.85. The maximum Gasteiger partial charge on any atom is 0.264 e. The predicted molar refractivity (Wildman–Crippen MR) is 122 cm³/mol. The van der Waals surface area contributed by atoms with E-state index >= 15 is 0 Å². The first kappa shape index (κ1) is 20.7. The lowest BCUT2D eigenvalue weighted by atomic mass is 10.0. The summed E-state index contributed by atoms with van der Waals surface area (Å²) in [6.07, 6.45) is 2.19. The molecule has 2 aliphatic heterocycles. The second-order valence-corrected chi connectivity index (χ2v) is 10.2. The quantitative estimate of drug-likeness (QED) is 0.588. The molecule has 3 aromatic carbocycles. The van der Waals surface area contributed by atoms with Crippen molar-refractivity contribution in [1.29, 1.82) is 0 Å². The Hall–Kier alpha value is -3.19. The number of sulfonamides is 1. The van der Waals surface area contributed by atoms with Crippen molar-refractivity contribution < 1.29 is 17.6 Å². The molecule has 2 aliphatic rings. The molecule has 0 spiro atoms. The molecule has 0 N–H and O–H groups in total. The first-order valence-corrected chi connectivity index (χ1v) is 12.1. The van der Waals surface area contributed by atoms with E-state index in [4.69, 9.17) is 0 Å². The average Bonchev–Trinajstić information content (AvgIpc) is 3.14. The Morgan fingerprint density at radius 2 is 1.78 bits per heavy atom. The summed E-state index contributed by atoms with van der Waals surface area (Å²) in [7, 11) is -3.85. The van der Waals surface area contributed by atoms with Crippen LogP contribution in [-0.4, -0.2) is 26.9 Å². The summed E-state index contributed by atoms with van der Waals surface area (Å²) >= 11 is 0. The van der Waals surface area contributed by atoms with Crippen LogP contribution < -0.4 is 9.21 Å². The minimum Gasteiger partial charge on any atom is -0.308 e. The molecule has 1 atom stereocenters. The van der Waals surface area contributed by atoms with Gasteiger partial charge >= 0.3 is 0 Å². The van der Waals surface area contributed by atoms with E-state index in [0.29, 0.717) is 24.3 Å². The molecule has 5 nitrogen and oxygen atoms in total. The van der Waals surface area contributed by atoms with Gasteiger partial charge in [0.2, 0.25) is 0 Å². The number of halogens is 1. The summed E-state index contributed by atoms with van der Waals surface area (Å²) in [5, 5.41) is 0. The highest BCUT2D eigenvalue weighted by Gasteiger charge is 2.36. The van der Waals surface area contributed by atoms with Crippen molar-refractivity contribution in [3.8, 4) is 0 Å². The maximum absolute atomic E-state index is 13.9. The molecule has 32 heavy (non-hydrogen) atoms. The van der Waals surface area contributed by atoms with Gasteiger partial charge in [-0.25, -0.2) is 12.8 Å². The van der Waals surface area contributed by atoms with Crippen molar-refractivity contribution in [2.75, 3.05) is 15.7 Å². The molecule has 0 aromatic heterocycles. The SMILES string of the molecule is CC1Cc2ccccc2N1S(=O)(=O)c1cccc(C(=O)N2CCCc3ccc(F)cc32)c1. The molecule has 164 valence electrons. The van der Waals surface area contributed by atoms with E-state index < -0.39 is 15.8 Å². The van der Waals surface area contributed by atoms with Gasteiger partial charge < -0.3 is 4.90 Å². The summed E-state index contributed by atoms with van der Waals surface area (Å²) in [4.78, 5) is 14.9. The standard InChI is InChI=1S/C25H23FN2O3S/c1-17-14-19-6-2-3-10-23(19)28(17)32(30,31)22-9-4-7-20(15-22)25(29)27-13-5-8-18-11-12-21(26)16-24(18)27/h2-4,6-7,9-12,15-17H,5,8,13-14H2,1H3. The number of fused-ring (bicyclic) bond motifs is 2. The Balaban J connectivity index is 1.51. The molecule has 2 heterocycles. The largest absolute Gasteiger partial charge is 0.308 e. The molecule has 0 saturated carbocycles. The summed E-state index contributed by atoms with van der Waals surface area (Å²) in [5.74, 6) is -0.732. The fourth-order valence-electron chi connectivity index (χ4n) is 4.72. The lowest BCUT2D eigenvalue weighted by Crippen LogP contribution is -2.37. The smallest absolute Gasteiger partial charge is 0.264 e. The number of aryl methyl sites for hydroxylation is 1. The van der Waals surface area contributed by atoms with Gasteiger partial charge in [-0.2, -0.15) is 0 Å². The van der Waals surface area contributed by atoms with Gasteiger partial charge in [0, 0.05) is 18.2 Å². The van der Waals surface area contributed by atoms with Gasteiger partial charge in [0.15, 0.2) is 0 Å². The molecule has 0 bridgehead atoms. The van der Waals surface area contributed by atoms with E-state index in [1.54, 1.807) is 23.1 Å². The molecule has 0 fully saturated rings. The molecule has 0 saturated heterocycles. The zero-order valence-corrected chi connectivity index (χ0v) is 18.5. The van der Waals surface area contributed by atoms with Gasteiger partial charge in [0.05, 0.1) is 16.3 Å². The number of rotatable bonds is 3. The van der Waals surface area contributed by atoms with Crippen LogP contribution in [0.25, 0.3) is 0 Å². The van der Waals surface area contributed by atoms with Crippen LogP contribution in [0.2, 0.25) is 0 Å². The second kappa shape index (κ2) is 7.74. The number of carbonyl (C=O) groups excluding carboxylic acids is 1. The Kier molecular flexibility index (Phi) is 5.01. The molecule has 1 amide bonds. The highest BCUT2D eigenvalue weighted by molar-refractivity contribution is 7.92. The number of amides is 1. The third-order valence-electron chi connectivity index (χ3n) is 6.19. The van der Waals surface area contributed by atoms with Crippen LogP contribution >= 0.6 is 0 Å². The number of anilines is 2. The van der Waals surface area contributed by atoms with Gasteiger partial charge in [0.1, 0.15) is 5.82 Å². The number of nitrogens with zero attached hydrogens (tertiary/aromatic N) is 2. The van der Waals surface area contributed by atoms with E-state index in [9.17, 15) is 17.6 Å². The Morgan fingerprint density at radius 1 is 0.969 bits per heavy atom. The maximum atomic E-state index is 13.9. The van der Waals surface area contributed by atoms with Crippen LogP contribution in [0.15, 0.2) is 71.6 Å². The average molecular weight is 451 g/mol. The van der Waals surface area contributed by atoms with Crippen LogP contribution in [0.4, 0.5) is 15.8 Å². The van der Waals surface area contributed by atoms with Crippen molar-refractivity contribution in [2.45, 2.75) is 37.1 Å². The summed E-state index contributed by atoms with van der Waals surface area (Å²) in [6, 6.07) is 17.9. The zero-order valence-electron chi connectivity index (χ0n) is 17.7. The number of hydrogen-bond acceptors (Lipinski definition) is 3. The molecular formula is C25H23FN2O3S. The molecule has 7 heteroatoms. The monoisotopic (exact) mass is 450 g/mol. The van der Waals surface area contributed by atoms with Crippen molar-refractivity contribution in [2.24, 2.45) is 0 Å². The van der Waals surface area contributed by atoms with Gasteiger partial charge in [-0.05, 0) is 73.7 Å². The van der Waals surface area contributed by atoms with Gasteiger partial charge in [-0.3, -0.25) is 9.10 Å². The van der Waals surface area contributed by atoms with Crippen molar-refractivity contribution in [3.05, 3.63) is 89.2 Å². The molecule has 3 aromatic rings. The molecule has 0 aliphatic carbocycles. The Labute approximate surface area is 187 Å².